The van der Waals surface area contributed by atoms with Gasteiger partial charge in [-0.3, -0.25) is 19.7 Å². The number of hydrogen-bond donors (Lipinski definition) is 1. The second kappa shape index (κ2) is 9.09. The van der Waals surface area contributed by atoms with E-state index in [4.69, 9.17) is 9.47 Å². The van der Waals surface area contributed by atoms with E-state index in [0.717, 1.165) is 11.3 Å². The van der Waals surface area contributed by atoms with Gasteiger partial charge in [0.1, 0.15) is 10.6 Å². The van der Waals surface area contributed by atoms with Gasteiger partial charge < -0.3 is 14.8 Å². The third-order valence-electron chi connectivity index (χ3n) is 3.65. The van der Waals surface area contributed by atoms with Crippen LogP contribution in [0.15, 0.2) is 24.3 Å². The van der Waals surface area contributed by atoms with Crippen molar-refractivity contribution in [3.05, 3.63) is 51.1 Å². The number of nitrogens with zero attached hydrogens (tertiary/aromatic N) is 1. The average molecular weight is 406 g/mol. The highest BCUT2D eigenvalue weighted by Crippen LogP contribution is 2.40. The minimum Gasteiger partial charge on any atom is -0.462 e. The smallest absolute Gasteiger partial charge is 0.341 e. The first-order chi connectivity index (χ1) is 13.3. The molecule has 0 spiro atoms. The normalized spacial score (nSPS) is 10.2. The number of carbonyl (C=O) groups excluding carboxylic acids is 3. The molecule has 10 heteroatoms. The van der Waals surface area contributed by atoms with Crippen LogP contribution in [0.3, 0.4) is 0 Å². The van der Waals surface area contributed by atoms with E-state index in [1.54, 1.807) is 20.8 Å². The molecule has 9 nitrogen and oxygen atoms in total. The largest absolute Gasteiger partial charge is 0.462 e. The van der Waals surface area contributed by atoms with Gasteiger partial charge in [-0.25, -0.2) is 4.79 Å². The molecular formula is C18H18N2O7S. The lowest BCUT2D eigenvalue weighted by molar-refractivity contribution is -0.384. The maximum absolute atomic E-state index is 12.5. The van der Waals surface area contributed by atoms with Crippen molar-refractivity contribution in [1.82, 2.24) is 0 Å². The van der Waals surface area contributed by atoms with Crippen molar-refractivity contribution in [3.8, 4) is 5.06 Å². The van der Waals surface area contributed by atoms with Crippen molar-refractivity contribution in [3.63, 3.8) is 0 Å². The van der Waals surface area contributed by atoms with Gasteiger partial charge in [0.15, 0.2) is 5.06 Å². The van der Waals surface area contributed by atoms with Crippen molar-refractivity contribution in [2.75, 3.05) is 11.9 Å². The Hall–Kier alpha value is -3.27. The Morgan fingerprint density at radius 3 is 2.36 bits per heavy atom. The quantitative estimate of drug-likeness (QED) is 0.422. The highest BCUT2D eigenvalue weighted by Gasteiger charge is 2.26. The van der Waals surface area contributed by atoms with Crippen LogP contribution >= 0.6 is 11.3 Å². The number of amides is 1. The van der Waals surface area contributed by atoms with Crippen molar-refractivity contribution in [1.29, 1.82) is 0 Å². The molecule has 28 heavy (non-hydrogen) atoms. The molecule has 1 aromatic heterocycles. The molecule has 1 N–H and O–H groups in total. The fourth-order valence-electron chi connectivity index (χ4n) is 2.21. The lowest BCUT2D eigenvalue weighted by atomic mass is 10.1. The molecule has 0 saturated heterocycles. The number of ether oxygens (including phenoxy) is 2. The van der Waals surface area contributed by atoms with Gasteiger partial charge in [0.2, 0.25) is 0 Å². The van der Waals surface area contributed by atoms with Crippen molar-refractivity contribution < 1.29 is 28.8 Å². The Morgan fingerprint density at radius 1 is 1.18 bits per heavy atom. The second-order valence-electron chi connectivity index (χ2n) is 5.52. The van der Waals surface area contributed by atoms with Gasteiger partial charge in [-0.1, -0.05) is 18.3 Å². The maximum atomic E-state index is 12.5. The molecule has 1 heterocycles. The van der Waals surface area contributed by atoms with E-state index in [-0.39, 0.29) is 39.9 Å². The minimum absolute atomic E-state index is 0.0982. The first-order valence-electron chi connectivity index (χ1n) is 8.35. The summed E-state index contributed by atoms with van der Waals surface area (Å²) in [6, 6.07) is 5.01. The van der Waals surface area contributed by atoms with E-state index in [1.165, 1.54) is 24.3 Å². The van der Waals surface area contributed by atoms with Crippen LogP contribution in [-0.4, -0.2) is 29.4 Å². The van der Waals surface area contributed by atoms with Crippen LogP contribution in [-0.2, 0) is 9.53 Å². The number of nitro benzene ring substituents is 1. The van der Waals surface area contributed by atoms with E-state index in [1.807, 2.05) is 0 Å². The molecular weight excluding hydrogens is 388 g/mol. The standard InChI is InChI=1S/C18H18N2O7S/c1-4-13(21)27-18-10(3)14(17(23)26-5-2)16(28-18)19-15(22)11-6-8-12(9-7-11)20(24)25/h6-9H,4-5H2,1-3H3,(H,19,22). The summed E-state index contributed by atoms with van der Waals surface area (Å²) in [5.41, 5.74) is 0.494. The molecule has 0 saturated carbocycles. The van der Waals surface area contributed by atoms with Crippen LogP contribution in [0.1, 0.15) is 46.5 Å². The molecule has 2 rings (SSSR count). The number of anilines is 1. The number of thiophene rings is 1. The molecule has 1 amide bonds. The predicted molar refractivity (Wildman–Crippen MR) is 102 cm³/mol. The van der Waals surface area contributed by atoms with Crippen LogP contribution < -0.4 is 10.1 Å². The van der Waals surface area contributed by atoms with E-state index < -0.39 is 22.8 Å². The minimum atomic E-state index is -0.658. The number of nitro groups is 1. The SMILES string of the molecule is CCOC(=O)c1c(NC(=O)c2ccc([N+](=O)[O-])cc2)sc(OC(=O)CC)c1C. The number of benzene rings is 1. The van der Waals surface area contributed by atoms with E-state index >= 15 is 0 Å². The summed E-state index contributed by atoms with van der Waals surface area (Å²) < 4.78 is 10.2. The molecule has 0 aliphatic rings. The van der Waals surface area contributed by atoms with Gasteiger partial charge in [0, 0.05) is 29.7 Å². The van der Waals surface area contributed by atoms with Gasteiger partial charge in [-0.05, 0) is 26.0 Å². The monoisotopic (exact) mass is 406 g/mol. The zero-order chi connectivity index (χ0) is 20.8. The lowest BCUT2D eigenvalue weighted by Crippen LogP contribution is -2.15. The molecule has 0 aliphatic heterocycles. The van der Waals surface area contributed by atoms with Crippen LogP contribution in [0.5, 0.6) is 5.06 Å². The summed E-state index contributed by atoms with van der Waals surface area (Å²) in [6.07, 6.45) is 0.149. The Balaban J connectivity index is 2.35. The van der Waals surface area contributed by atoms with Crippen LogP contribution in [0.2, 0.25) is 0 Å². The Kier molecular flexibility index (Phi) is 6.83. The zero-order valence-electron chi connectivity index (χ0n) is 15.4. The third kappa shape index (κ3) is 4.71. The molecule has 0 unspecified atom stereocenters. The number of nitrogens with one attached hydrogen (secondary N) is 1. The summed E-state index contributed by atoms with van der Waals surface area (Å²) in [4.78, 5) is 46.6. The summed E-state index contributed by atoms with van der Waals surface area (Å²) in [6.45, 7) is 5.00. The first-order valence-corrected chi connectivity index (χ1v) is 9.17. The van der Waals surface area contributed by atoms with Crippen LogP contribution in [0.25, 0.3) is 0 Å². The highest BCUT2D eigenvalue weighted by atomic mass is 32.1. The van der Waals surface area contributed by atoms with Crippen LogP contribution in [0, 0.1) is 17.0 Å². The summed E-state index contributed by atoms with van der Waals surface area (Å²) in [7, 11) is 0. The van der Waals surface area contributed by atoms with Gasteiger partial charge in [0.05, 0.1) is 11.5 Å². The second-order valence-corrected chi connectivity index (χ2v) is 6.51. The van der Waals surface area contributed by atoms with Crippen molar-refractivity contribution >= 4 is 39.9 Å². The Bertz CT molecular complexity index is 919. The number of non-ortho nitro benzene ring substituents is 1. The average Bonchev–Trinajstić information content (AvgIpc) is 2.96. The van der Waals surface area contributed by atoms with Gasteiger partial charge >= 0.3 is 11.9 Å². The van der Waals surface area contributed by atoms with Gasteiger partial charge in [-0.15, -0.1) is 0 Å². The molecule has 2 aromatic rings. The number of rotatable bonds is 7. The predicted octanol–water partition coefficient (Wildman–Crippen LogP) is 3.71. The Labute approximate surface area is 164 Å². The lowest BCUT2D eigenvalue weighted by Gasteiger charge is -2.07. The van der Waals surface area contributed by atoms with E-state index in [2.05, 4.69) is 5.32 Å². The fraction of sp³-hybridized carbons (Fsp3) is 0.278. The van der Waals surface area contributed by atoms with Gasteiger partial charge in [-0.2, -0.15) is 0 Å². The molecule has 0 fully saturated rings. The number of hydrogen-bond acceptors (Lipinski definition) is 8. The number of carbonyl (C=O) groups is 3. The number of esters is 2. The molecule has 0 radical (unpaired) electrons. The molecule has 148 valence electrons. The zero-order valence-corrected chi connectivity index (χ0v) is 16.3. The van der Waals surface area contributed by atoms with E-state index in [0.29, 0.717) is 5.56 Å². The van der Waals surface area contributed by atoms with Crippen molar-refractivity contribution in [2.24, 2.45) is 0 Å². The summed E-state index contributed by atoms with van der Waals surface area (Å²) in [5.74, 6) is -1.71. The fourth-order valence-corrected chi connectivity index (χ4v) is 3.27. The molecule has 0 aliphatic carbocycles. The maximum Gasteiger partial charge on any atom is 0.341 e. The Morgan fingerprint density at radius 2 is 1.82 bits per heavy atom. The van der Waals surface area contributed by atoms with Crippen molar-refractivity contribution in [2.45, 2.75) is 27.2 Å². The highest BCUT2D eigenvalue weighted by molar-refractivity contribution is 7.18. The van der Waals surface area contributed by atoms with E-state index in [9.17, 15) is 24.5 Å². The van der Waals surface area contributed by atoms with Gasteiger partial charge in [0.25, 0.3) is 11.6 Å². The molecule has 1 aromatic carbocycles. The first kappa shape index (κ1) is 21.0. The molecule has 0 bridgehead atoms. The summed E-state index contributed by atoms with van der Waals surface area (Å²) >= 11 is 0.931. The topological polar surface area (TPSA) is 125 Å². The molecule has 0 atom stereocenters. The van der Waals surface area contributed by atoms with Crippen LogP contribution in [0.4, 0.5) is 10.7 Å². The third-order valence-corrected chi connectivity index (χ3v) is 4.73. The summed E-state index contributed by atoms with van der Waals surface area (Å²) in [5, 5.41) is 13.7.